The van der Waals surface area contributed by atoms with Gasteiger partial charge in [-0.2, -0.15) is 13.2 Å². The maximum atomic E-state index is 12.9. The Balaban J connectivity index is 1.63. The minimum atomic E-state index is -4.54. The van der Waals surface area contributed by atoms with Crippen molar-refractivity contribution >= 4 is 5.91 Å². The highest BCUT2D eigenvalue weighted by Crippen LogP contribution is 2.38. The van der Waals surface area contributed by atoms with Crippen molar-refractivity contribution in [3.05, 3.63) is 53.6 Å². The van der Waals surface area contributed by atoms with Crippen LogP contribution >= 0.6 is 0 Å². The molecule has 1 amide bonds. The number of rotatable bonds is 5. The lowest BCUT2D eigenvalue weighted by Crippen LogP contribution is -2.29. The standard InChI is InChI=1S/C16H16F3N3O/c17-16(18,19)13-4-2-1-3-12(13)15(23)21-8-10-22-9-7-20-14(22)11-5-6-11/h1-4,7,9,11H,5-6,8,10H2,(H,21,23). The zero-order chi connectivity index (χ0) is 16.4. The molecule has 1 heterocycles. The number of benzene rings is 1. The van der Waals surface area contributed by atoms with Crippen LogP contribution in [0.15, 0.2) is 36.7 Å². The molecule has 1 aliphatic rings. The number of carbonyl (C=O) groups is 1. The van der Waals surface area contributed by atoms with E-state index in [1.807, 2.05) is 10.8 Å². The quantitative estimate of drug-likeness (QED) is 0.918. The van der Waals surface area contributed by atoms with Gasteiger partial charge in [-0.25, -0.2) is 4.98 Å². The maximum absolute atomic E-state index is 12.9. The number of halogens is 3. The molecule has 1 aromatic heterocycles. The van der Waals surface area contributed by atoms with E-state index >= 15 is 0 Å². The Morgan fingerprint density at radius 3 is 2.74 bits per heavy atom. The van der Waals surface area contributed by atoms with Gasteiger partial charge >= 0.3 is 6.18 Å². The number of carbonyl (C=O) groups excluding carboxylic acids is 1. The number of nitrogens with one attached hydrogen (secondary N) is 1. The van der Waals surface area contributed by atoms with Gasteiger partial charge in [0.25, 0.3) is 5.91 Å². The van der Waals surface area contributed by atoms with Crippen molar-refractivity contribution in [1.29, 1.82) is 0 Å². The Morgan fingerprint density at radius 2 is 2.04 bits per heavy atom. The van der Waals surface area contributed by atoms with Crippen molar-refractivity contribution < 1.29 is 18.0 Å². The summed E-state index contributed by atoms with van der Waals surface area (Å²) in [6.45, 7) is 0.743. The third kappa shape index (κ3) is 3.55. The lowest BCUT2D eigenvalue weighted by molar-refractivity contribution is -0.137. The predicted octanol–water partition coefficient (Wildman–Crippen LogP) is 3.21. The Hall–Kier alpha value is -2.31. The summed E-state index contributed by atoms with van der Waals surface area (Å²) < 4.78 is 40.7. The largest absolute Gasteiger partial charge is 0.417 e. The van der Waals surface area contributed by atoms with Crippen LogP contribution in [0.4, 0.5) is 13.2 Å². The minimum Gasteiger partial charge on any atom is -0.350 e. The lowest BCUT2D eigenvalue weighted by atomic mass is 10.1. The Labute approximate surface area is 131 Å². The van der Waals surface area contributed by atoms with Gasteiger partial charge in [-0.3, -0.25) is 4.79 Å². The highest BCUT2D eigenvalue weighted by atomic mass is 19.4. The van der Waals surface area contributed by atoms with Gasteiger partial charge < -0.3 is 9.88 Å². The number of amides is 1. The van der Waals surface area contributed by atoms with E-state index in [2.05, 4.69) is 10.3 Å². The number of hydrogen-bond acceptors (Lipinski definition) is 2. The Morgan fingerprint density at radius 1 is 1.30 bits per heavy atom. The van der Waals surface area contributed by atoms with Crippen molar-refractivity contribution in [2.24, 2.45) is 0 Å². The molecule has 4 nitrogen and oxygen atoms in total. The molecule has 1 N–H and O–H groups in total. The average molecular weight is 323 g/mol. The zero-order valence-electron chi connectivity index (χ0n) is 12.3. The van der Waals surface area contributed by atoms with Gasteiger partial charge in [0.2, 0.25) is 0 Å². The van der Waals surface area contributed by atoms with Gasteiger partial charge in [0, 0.05) is 31.4 Å². The average Bonchev–Trinajstić information content (AvgIpc) is 3.26. The molecule has 1 fully saturated rings. The van der Waals surface area contributed by atoms with Crippen LogP contribution in [0.5, 0.6) is 0 Å². The molecule has 1 saturated carbocycles. The fourth-order valence-corrected chi connectivity index (χ4v) is 2.52. The molecule has 0 unspecified atom stereocenters. The molecule has 1 aliphatic carbocycles. The van der Waals surface area contributed by atoms with Crippen LogP contribution in [-0.2, 0) is 12.7 Å². The summed E-state index contributed by atoms with van der Waals surface area (Å²) in [4.78, 5) is 16.3. The van der Waals surface area contributed by atoms with Gasteiger partial charge in [0.05, 0.1) is 11.1 Å². The summed E-state index contributed by atoms with van der Waals surface area (Å²) in [6, 6.07) is 4.79. The molecule has 0 atom stereocenters. The lowest BCUT2D eigenvalue weighted by Gasteiger charge is -2.13. The summed E-state index contributed by atoms with van der Waals surface area (Å²) in [7, 11) is 0. The molecular formula is C16H16F3N3O. The summed E-state index contributed by atoms with van der Waals surface area (Å²) in [5, 5.41) is 2.55. The molecular weight excluding hydrogens is 307 g/mol. The second-order valence-electron chi connectivity index (χ2n) is 5.55. The fraction of sp³-hybridized carbons (Fsp3) is 0.375. The first-order valence-electron chi connectivity index (χ1n) is 7.42. The number of aromatic nitrogens is 2. The molecule has 23 heavy (non-hydrogen) atoms. The first-order chi connectivity index (χ1) is 11.0. The van der Waals surface area contributed by atoms with E-state index < -0.39 is 17.6 Å². The van der Waals surface area contributed by atoms with E-state index in [4.69, 9.17) is 0 Å². The fourth-order valence-electron chi connectivity index (χ4n) is 2.52. The van der Waals surface area contributed by atoms with Gasteiger partial charge in [-0.05, 0) is 25.0 Å². The first kappa shape index (κ1) is 15.6. The molecule has 0 saturated heterocycles. The summed E-state index contributed by atoms with van der Waals surface area (Å²) in [5.41, 5.74) is -1.27. The highest BCUT2D eigenvalue weighted by Gasteiger charge is 2.34. The normalized spacial score (nSPS) is 14.7. The Kier molecular flexibility index (Phi) is 4.11. The smallest absolute Gasteiger partial charge is 0.350 e. The topological polar surface area (TPSA) is 46.9 Å². The van der Waals surface area contributed by atoms with Crippen LogP contribution in [0, 0.1) is 0 Å². The molecule has 3 rings (SSSR count). The van der Waals surface area contributed by atoms with E-state index in [-0.39, 0.29) is 12.1 Å². The van der Waals surface area contributed by atoms with E-state index in [0.29, 0.717) is 12.5 Å². The van der Waals surface area contributed by atoms with Crippen LogP contribution in [-0.4, -0.2) is 22.0 Å². The molecule has 0 aliphatic heterocycles. The van der Waals surface area contributed by atoms with Crippen molar-refractivity contribution in [3.63, 3.8) is 0 Å². The zero-order valence-corrected chi connectivity index (χ0v) is 12.3. The van der Waals surface area contributed by atoms with Crippen LogP contribution in [0.3, 0.4) is 0 Å². The van der Waals surface area contributed by atoms with Crippen molar-refractivity contribution in [2.75, 3.05) is 6.54 Å². The molecule has 1 aromatic carbocycles. The number of hydrogen-bond donors (Lipinski definition) is 1. The second-order valence-corrected chi connectivity index (χ2v) is 5.55. The van der Waals surface area contributed by atoms with E-state index in [1.54, 1.807) is 6.20 Å². The third-order valence-electron chi connectivity index (χ3n) is 3.81. The monoisotopic (exact) mass is 323 g/mol. The van der Waals surface area contributed by atoms with Crippen LogP contribution < -0.4 is 5.32 Å². The molecule has 0 bridgehead atoms. The van der Waals surface area contributed by atoms with Gasteiger partial charge in [0.1, 0.15) is 5.82 Å². The molecule has 2 aromatic rings. The van der Waals surface area contributed by atoms with E-state index in [1.165, 1.54) is 18.2 Å². The molecule has 7 heteroatoms. The van der Waals surface area contributed by atoms with Crippen molar-refractivity contribution in [3.8, 4) is 0 Å². The molecule has 122 valence electrons. The first-order valence-corrected chi connectivity index (χ1v) is 7.42. The number of nitrogens with zero attached hydrogens (tertiary/aromatic N) is 2. The van der Waals surface area contributed by atoms with E-state index in [9.17, 15) is 18.0 Å². The number of alkyl halides is 3. The van der Waals surface area contributed by atoms with Crippen LogP contribution in [0.2, 0.25) is 0 Å². The van der Waals surface area contributed by atoms with Gasteiger partial charge in [-0.15, -0.1) is 0 Å². The highest BCUT2D eigenvalue weighted by molar-refractivity contribution is 5.95. The molecule has 0 spiro atoms. The van der Waals surface area contributed by atoms with Crippen molar-refractivity contribution in [2.45, 2.75) is 31.5 Å². The predicted molar refractivity (Wildman–Crippen MR) is 78.0 cm³/mol. The van der Waals surface area contributed by atoms with Crippen LogP contribution in [0.1, 0.15) is 40.5 Å². The van der Waals surface area contributed by atoms with Crippen molar-refractivity contribution in [1.82, 2.24) is 14.9 Å². The summed E-state index contributed by atoms with van der Waals surface area (Å²) >= 11 is 0. The second kappa shape index (κ2) is 6.06. The number of imidazole rings is 1. The Bertz CT molecular complexity index is 705. The SMILES string of the molecule is O=C(NCCn1ccnc1C1CC1)c1ccccc1C(F)(F)F. The van der Waals surface area contributed by atoms with Gasteiger partial charge in [-0.1, -0.05) is 12.1 Å². The summed E-state index contributed by atoms with van der Waals surface area (Å²) in [5.74, 6) is 0.743. The third-order valence-corrected chi connectivity index (χ3v) is 3.81. The maximum Gasteiger partial charge on any atom is 0.417 e. The van der Waals surface area contributed by atoms with Gasteiger partial charge in [0.15, 0.2) is 0 Å². The van der Waals surface area contributed by atoms with Crippen LogP contribution in [0.25, 0.3) is 0 Å². The molecule has 0 radical (unpaired) electrons. The summed E-state index contributed by atoms with van der Waals surface area (Å²) in [6.07, 6.45) is 1.21. The van der Waals surface area contributed by atoms with E-state index in [0.717, 1.165) is 24.7 Å². The minimum absolute atomic E-state index is 0.251.